The van der Waals surface area contributed by atoms with E-state index >= 15 is 0 Å². The first-order valence-electron chi connectivity index (χ1n) is 5.94. The summed E-state index contributed by atoms with van der Waals surface area (Å²) in [6.07, 6.45) is 0. The molecule has 20 heavy (non-hydrogen) atoms. The van der Waals surface area contributed by atoms with Crippen LogP contribution < -0.4 is 10.1 Å². The number of ether oxygens (including phenoxy) is 1. The summed E-state index contributed by atoms with van der Waals surface area (Å²) in [5.74, 6) is 0.496. The van der Waals surface area contributed by atoms with Crippen LogP contribution in [-0.2, 0) is 6.54 Å². The van der Waals surface area contributed by atoms with Crippen LogP contribution in [-0.4, -0.2) is 7.05 Å². The van der Waals surface area contributed by atoms with Crippen molar-refractivity contribution in [1.29, 1.82) is 5.26 Å². The van der Waals surface area contributed by atoms with Crippen molar-refractivity contribution >= 4 is 11.6 Å². The molecule has 5 heteroatoms. The highest BCUT2D eigenvalue weighted by molar-refractivity contribution is 6.30. The lowest BCUT2D eigenvalue weighted by Crippen LogP contribution is -2.07. The van der Waals surface area contributed by atoms with E-state index in [0.29, 0.717) is 34.2 Å². The van der Waals surface area contributed by atoms with Crippen molar-refractivity contribution in [3.8, 4) is 17.6 Å². The Morgan fingerprint density at radius 3 is 2.80 bits per heavy atom. The highest BCUT2D eigenvalue weighted by Crippen LogP contribution is 2.29. The summed E-state index contributed by atoms with van der Waals surface area (Å²) in [6, 6.07) is 11.2. The minimum absolute atomic E-state index is 0.307. The molecule has 2 rings (SSSR count). The molecule has 0 aromatic heterocycles. The third kappa shape index (κ3) is 3.27. The second kappa shape index (κ2) is 6.38. The smallest absolute Gasteiger partial charge is 0.146 e. The maximum Gasteiger partial charge on any atom is 0.146 e. The van der Waals surface area contributed by atoms with Gasteiger partial charge in [0.1, 0.15) is 23.4 Å². The molecule has 0 aliphatic carbocycles. The predicted octanol–water partition coefficient (Wildman–Crippen LogP) is 3.86. The normalized spacial score (nSPS) is 10.1. The van der Waals surface area contributed by atoms with Gasteiger partial charge < -0.3 is 10.1 Å². The van der Waals surface area contributed by atoms with Crippen LogP contribution in [0.1, 0.15) is 11.1 Å². The van der Waals surface area contributed by atoms with Crippen LogP contribution in [0.3, 0.4) is 0 Å². The van der Waals surface area contributed by atoms with E-state index in [2.05, 4.69) is 5.32 Å². The Morgan fingerprint density at radius 2 is 2.10 bits per heavy atom. The van der Waals surface area contributed by atoms with E-state index in [0.717, 1.165) is 0 Å². The van der Waals surface area contributed by atoms with E-state index < -0.39 is 0 Å². The second-order valence-electron chi connectivity index (χ2n) is 4.14. The minimum atomic E-state index is -0.307. The molecule has 2 aromatic carbocycles. The molecule has 102 valence electrons. The number of nitriles is 1. The van der Waals surface area contributed by atoms with Gasteiger partial charge in [-0.2, -0.15) is 5.26 Å². The number of hydrogen-bond acceptors (Lipinski definition) is 3. The molecule has 0 amide bonds. The third-order valence-corrected chi connectivity index (χ3v) is 2.91. The van der Waals surface area contributed by atoms with Gasteiger partial charge >= 0.3 is 0 Å². The van der Waals surface area contributed by atoms with Crippen LogP contribution in [0, 0.1) is 17.1 Å². The highest BCUT2D eigenvalue weighted by Gasteiger charge is 2.08. The molecule has 0 fully saturated rings. The van der Waals surface area contributed by atoms with Gasteiger partial charge in [0.15, 0.2) is 0 Å². The van der Waals surface area contributed by atoms with Crippen molar-refractivity contribution in [2.24, 2.45) is 0 Å². The highest BCUT2D eigenvalue weighted by atomic mass is 35.5. The summed E-state index contributed by atoms with van der Waals surface area (Å²) in [6.45, 7) is 0.393. The first-order chi connectivity index (χ1) is 9.63. The summed E-state index contributed by atoms with van der Waals surface area (Å²) in [4.78, 5) is 0. The molecular formula is C15H12ClFN2O. The van der Waals surface area contributed by atoms with Crippen LogP contribution >= 0.6 is 11.6 Å². The lowest BCUT2D eigenvalue weighted by Gasteiger charge is -2.10. The van der Waals surface area contributed by atoms with Gasteiger partial charge in [-0.15, -0.1) is 0 Å². The lowest BCUT2D eigenvalue weighted by molar-refractivity contribution is 0.477. The molecule has 0 aliphatic rings. The quantitative estimate of drug-likeness (QED) is 0.930. The molecule has 0 atom stereocenters. The molecule has 0 unspecified atom stereocenters. The topological polar surface area (TPSA) is 45.0 Å². The van der Waals surface area contributed by atoms with Crippen LogP contribution in [0.5, 0.6) is 11.5 Å². The summed E-state index contributed by atoms with van der Waals surface area (Å²) < 4.78 is 19.2. The van der Waals surface area contributed by atoms with E-state index in [1.807, 2.05) is 6.07 Å². The first-order valence-corrected chi connectivity index (χ1v) is 6.32. The fourth-order valence-electron chi connectivity index (χ4n) is 1.74. The number of benzene rings is 2. The Hall–Kier alpha value is -2.09. The van der Waals surface area contributed by atoms with Crippen molar-refractivity contribution in [3.05, 3.63) is 58.4 Å². The van der Waals surface area contributed by atoms with Gasteiger partial charge in [0, 0.05) is 23.2 Å². The van der Waals surface area contributed by atoms with Gasteiger partial charge in [0.05, 0.1) is 5.56 Å². The zero-order chi connectivity index (χ0) is 14.5. The summed E-state index contributed by atoms with van der Waals surface area (Å²) in [5.41, 5.74) is 0.861. The van der Waals surface area contributed by atoms with Crippen LogP contribution in [0.4, 0.5) is 4.39 Å². The monoisotopic (exact) mass is 290 g/mol. The van der Waals surface area contributed by atoms with E-state index in [9.17, 15) is 4.39 Å². The Morgan fingerprint density at radius 1 is 1.30 bits per heavy atom. The Bertz CT molecular complexity index is 667. The molecule has 0 spiro atoms. The van der Waals surface area contributed by atoms with Gasteiger partial charge in [0.2, 0.25) is 0 Å². The summed E-state index contributed by atoms with van der Waals surface area (Å²) >= 11 is 5.89. The van der Waals surface area contributed by atoms with Gasteiger partial charge in [0.25, 0.3) is 0 Å². The summed E-state index contributed by atoms with van der Waals surface area (Å²) in [5, 5.41) is 12.4. The van der Waals surface area contributed by atoms with Crippen molar-refractivity contribution < 1.29 is 9.13 Å². The zero-order valence-electron chi connectivity index (χ0n) is 10.8. The average molecular weight is 291 g/mol. The maximum absolute atomic E-state index is 13.5. The van der Waals surface area contributed by atoms with Gasteiger partial charge in [-0.05, 0) is 37.4 Å². The maximum atomic E-state index is 13.5. The van der Waals surface area contributed by atoms with E-state index in [1.165, 1.54) is 12.1 Å². The largest absolute Gasteiger partial charge is 0.456 e. The molecule has 2 aromatic rings. The molecule has 0 saturated carbocycles. The van der Waals surface area contributed by atoms with Gasteiger partial charge in [-0.1, -0.05) is 11.6 Å². The number of hydrogen-bond donors (Lipinski definition) is 1. The molecular weight excluding hydrogens is 279 g/mol. The third-order valence-electron chi connectivity index (χ3n) is 2.68. The van der Waals surface area contributed by atoms with Crippen LogP contribution in [0.25, 0.3) is 0 Å². The fourth-order valence-corrected chi connectivity index (χ4v) is 1.90. The standard InChI is InChI=1S/C15H12ClFN2O/c1-19-9-11-6-13(4-5-14(11)17)20-15-7-12(16)3-2-10(15)8-18/h2-7,19H,9H2,1H3. The lowest BCUT2D eigenvalue weighted by atomic mass is 10.2. The molecule has 3 nitrogen and oxygen atoms in total. The van der Waals surface area contributed by atoms with Crippen molar-refractivity contribution in [3.63, 3.8) is 0 Å². The SMILES string of the molecule is CNCc1cc(Oc2cc(Cl)ccc2C#N)ccc1F. The minimum Gasteiger partial charge on any atom is -0.456 e. The Kier molecular flexibility index (Phi) is 4.57. The zero-order valence-corrected chi connectivity index (χ0v) is 11.5. The number of nitrogens with one attached hydrogen (secondary N) is 1. The number of rotatable bonds is 4. The van der Waals surface area contributed by atoms with E-state index in [1.54, 1.807) is 31.3 Å². The molecule has 0 heterocycles. The van der Waals surface area contributed by atoms with Crippen molar-refractivity contribution in [2.45, 2.75) is 6.54 Å². The Balaban J connectivity index is 2.33. The second-order valence-corrected chi connectivity index (χ2v) is 4.57. The molecule has 0 aliphatic heterocycles. The molecule has 0 saturated heterocycles. The van der Waals surface area contributed by atoms with Crippen molar-refractivity contribution in [1.82, 2.24) is 5.32 Å². The van der Waals surface area contributed by atoms with Gasteiger partial charge in [-0.3, -0.25) is 0 Å². The van der Waals surface area contributed by atoms with E-state index in [-0.39, 0.29) is 5.82 Å². The summed E-state index contributed by atoms with van der Waals surface area (Å²) in [7, 11) is 1.73. The van der Waals surface area contributed by atoms with Crippen LogP contribution in [0.15, 0.2) is 36.4 Å². The number of nitrogens with zero attached hydrogens (tertiary/aromatic N) is 1. The fraction of sp³-hybridized carbons (Fsp3) is 0.133. The Labute approximate surface area is 121 Å². The number of halogens is 2. The van der Waals surface area contributed by atoms with Crippen LogP contribution in [0.2, 0.25) is 5.02 Å². The van der Waals surface area contributed by atoms with Gasteiger partial charge in [-0.25, -0.2) is 4.39 Å². The molecule has 1 N–H and O–H groups in total. The molecule has 0 radical (unpaired) electrons. The first kappa shape index (κ1) is 14.3. The molecule has 0 bridgehead atoms. The van der Waals surface area contributed by atoms with E-state index in [4.69, 9.17) is 21.6 Å². The average Bonchev–Trinajstić information content (AvgIpc) is 2.43. The van der Waals surface area contributed by atoms with Crippen molar-refractivity contribution in [2.75, 3.05) is 7.05 Å². The predicted molar refractivity (Wildman–Crippen MR) is 75.4 cm³/mol.